The van der Waals surface area contributed by atoms with Crippen LogP contribution in [-0.4, -0.2) is 54.3 Å². The van der Waals surface area contributed by atoms with Gasteiger partial charge in [0.2, 0.25) is 23.2 Å². The molecule has 0 saturated carbocycles. The van der Waals surface area contributed by atoms with Gasteiger partial charge in [-0.2, -0.15) is 0 Å². The Hall–Kier alpha value is -2.31. The summed E-state index contributed by atoms with van der Waals surface area (Å²) >= 11 is 5.88. The van der Waals surface area contributed by atoms with Crippen molar-refractivity contribution >= 4 is 28.9 Å². The molecule has 3 rings (SSSR count). The van der Waals surface area contributed by atoms with E-state index in [9.17, 15) is 9.59 Å². The molecule has 2 aromatic rings. The van der Waals surface area contributed by atoms with E-state index in [4.69, 9.17) is 16.0 Å². The molecule has 1 aliphatic rings. The monoisotopic (exact) mass is 373 g/mol. The molecule has 6 nitrogen and oxygen atoms in total. The Bertz CT molecular complexity index is 853. The van der Waals surface area contributed by atoms with E-state index in [0.717, 1.165) is 19.4 Å². The molecule has 0 N–H and O–H groups in total. The molecule has 0 atom stereocenters. The number of aliphatic imine (C=N–C) groups is 1. The van der Waals surface area contributed by atoms with Crippen LogP contribution in [0.15, 0.2) is 33.7 Å². The van der Waals surface area contributed by atoms with Gasteiger partial charge in [0.25, 0.3) is 0 Å². The van der Waals surface area contributed by atoms with E-state index in [1.165, 1.54) is 0 Å². The average Bonchev–Trinajstić information content (AvgIpc) is 3.05. The molecule has 7 heteroatoms. The lowest BCUT2D eigenvalue weighted by atomic mass is 9.97. The lowest BCUT2D eigenvalue weighted by molar-refractivity contribution is 0.0940. The zero-order chi connectivity index (χ0) is 18.7. The first-order valence-corrected chi connectivity index (χ1v) is 8.86. The number of carbonyl (C=O) groups is 2. The Balaban J connectivity index is 1.76. The van der Waals surface area contributed by atoms with E-state index in [-0.39, 0.29) is 41.0 Å². The van der Waals surface area contributed by atoms with Crippen molar-refractivity contribution in [3.8, 4) is 11.5 Å². The van der Waals surface area contributed by atoms with Crippen molar-refractivity contribution in [2.45, 2.75) is 19.3 Å². The maximum Gasteiger partial charge on any atom is 0.229 e. The Morgan fingerprint density at radius 2 is 1.92 bits per heavy atom. The molecule has 26 heavy (non-hydrogen) atoms. The summed E-state index contributed by atoms with van der Waals surface area (Å²) in [4.78, 5) is 35.6. The topological polar surface area (TPSA) is 75.8 Å². The molecule has 1 aliphatic carbocycles. The molecule has 0 saturated heterocycles. The lowest BCUT2D eigenvalue weighted by Gasteiger charge is -2.10. The summed E-state index contributed by atoms with van der Waals surface area (Å²) in [5, 5.41) is 0.584. The van der Waals surface area contributed by atoms with E-state index in [2.05, 4.69) is 14.9 Å². The number of oxazole rings is 1. The van der Waals surface area contributed by atoms with Crippen molar-refractivity contribution in [1.29, 1.82) is 0 Å². The van der Waals surface area contributed by atoms with E-state index in [0.29, 0.717) is 17.1 Å². The number of fused-ring (bicyclic) bond motifs is 1. The predicted octanol–water partition coefficient (Wildman–Crippen LogP) is 3.55. The normalized spacial score (nSPS) is 15.8. The van der Waals surface area contributed by atoms with E-state index in [1.54, 1.807) is 24.3 Å². The maximum absolute atomic E-state index is 12.6. The minimum atomic E-state index is -0.323. The van der Waals surface area contributed by atoms with Crippen LogP contribution in [-0.2, 0) is 0 Å². The van der Waals surface area contributed by atoms with E-state index < -0.39 is 0 Å². The lowest BCUT2D eigenvalue weighted by Crippen LogP contribution is -2.27. The van der Waals surface area contributed by atoms with Crippen LogP contribution in [0.3, 0.4) is 0 Å². The number of rotatable bonds is 6. The van der Waals surface area contributed by atoms with E-state index in [1.807, 2.05) is 14.1 Å². The molecule has 0 spiro atoms. The molecular weight excluding hydrogens is 354 g/mol. The Kier molecular flexibility index (Phi) is 5.64. The van der Waals surface area contributed by atoms with Crippen molar-refractivity contribution in [1.82, 2.24) is 9.88 Å². The second-order valence-electron chi connectivity index (χ2n) is 6.47. The average molecular weight is 374 g/mol. The molecular formula is C19H20ClN3O3. The third kappa shape index (κ3) is 4.08. The highest BCUT2D eigenvalue weighted by atomic mass is 35.5. The molecule has 0 aliphatic heterocycles. The SMILES string of the molecule is CN(C)CCCCN=C1CC(=O)c2oc(-c3ccc(Cl)cc3)nc2C1=O. The van der Waals surface area contributed by atoms with Crippen LogP contribution in [0.25, 0.3) is 11.5 Å². The van der Waals surface area contributed by atoms with Crippen molar-refractivity contribution < 1.29 is 14.0 Å². The smallest absolute Gasteiger partial charge is 0.229 e. The first-order chi connectivity index (χ1) is 12.5. The van der Waals surface area contributed by atoms with E-state index >= 15 is 0 Å². The number of aromatic nitrogens is 1. The second kappa shape index (κ2) is 7.93. The van der Waals surface area contributed by atoms with Crippen LogP contribution in [0.5, 0.6) is 0 Å². The number of halogens is 1. The number of hydrogen-bond acceptors (Lipinski definition) is 6. The molecule has 1 aromatic carbocycles. The van der Waals surface area contributed by atoms with Gasteiger partial charge in [0.1, 0.15) is 0 Å². The van der Waals surface area contributed by atoms with Gasteiger partial charge in [-0.25, -0.2) is 4.98 Å². The van der Waals surface area contributed by atoms with Crippen LogP contribution in [0.4, 0.5) is 0 Å². The van der Waals surface area contributed by atoms with Crippen LogP contribution < -0.4 is 0 Å². The summed E-state index contributed by atoms with van der Waals surface area (Å²) in [7, 11) is 4.03. The summed E-state index contributed by atoms with van der Waals surface area (Å²) in [6.45, 7) is 1.50. The highest BCUT2D eigenvalue weighted by Gasteiger charge is 2.35. The van der Waals surface area contributed by atoms with Crippen LogP contribution >= 0.6 is 11.6 Å². The minimum absolute atomic E-state index is 0.0199. The van der Waals surface area contributed by atoms with Crippen molar-refractivity contribution in [3.63, 3.8) is 0 Å². The number of unbranched alkanes of at least 4 members (excludes halogenated alkanes) is 1. The van der Waals surface area contributed by atoms with Crippen molar-refractivity contribution in [2.75, 3.05) is 27.2 Å². The standard InChI is InChI=1S/C19H20ClN3O3/c1-23(2)10-4-3-9-21-14-11-15(24)18-16(17(14)25)22-19(26-18)12-5-7-13(20)8-6-12/h5-8H,3-4,9-11H2,1-2H3. The molecule has 0 amide bonds. The number of nitrogens with zero attached hydrogens (tertiary/aromatic N) is 3. The quantitative estimate of drug-likeness (QED) is 0.724. The molecule has 0 bridgehead atoms. The molecule has 0 unspecified atom stereocenters. The zero-order valence-electron chi connectivity index (χ0n) is 14.8. The molecule has 136 valence electrons. The Morgan fingerprint density at radius 1 is 1.19 bits per heavy atom. The summed E-state index contributed by atoms with van der Waals surface area (Å²) in [5.74, 6) is -0.331. The van der Waals surface area contributed by atoms with Crippen LogP contribution in [0.1, 0.15) is 40.3 Å². The fourth-order valence-corrected chi connectivity index (χ4v) is 2.84. The number of carbonyl (C=O) groups excluding carboxylic acids is 2. The molecule has 1 aromatic heterocycles. The molecule has 1 heterocycles. The summed E-state index contributed by atoms with van der Waals surface area (Å²) < 4.78 is 5.55. The van der Waals surface area contributed by atoms with Crippen LogP contribution in [0.2, 0.25) is 5.02 Å². The van der Waals surface area contributed by atoms with Crippen molar-refractivity contribution in [2.24, 2.45) is 4.99 Å². The fourth-order valence-electron chi connectivity index (χ4n) is 2.71. The van der Waals surface area contributed by atoms with Gasteiger partial charge < -0.3 is 9.32 Å². The Labute approximate surface area is 156 Å². The van der Waals surface area contributed by atoms with Gasteiger partial charge in [-0.3, -0.25) is 14.6 Å². The highest BCUT2D eigenvalue weighted by Crippen LogP contribution is 2.27. The highest BCUT2D eigenvalue weighted by molar-refractivity contribution is 6.52. The zero-order valence-corrected chi connectivity index (χ0v) is 15.5. The summed E-state index contributed by atoms with van der Waals surface area (Å²) in [6.07, 6.45) is 1.82. The van der Waals surface area contributed by atoms with Gasteiger partial charge in [-0.15, -0.1) is 0 Å². The number of hydrogen-bond donors (Lipinski definition) is 0. The summed E-state index contributed by atoms with van der Waals surface area (Å²) in [6, 6.07) is 6.86. The first kappa shape index (κ1) is 18.5. The van der Waals surface area contributed by atoms with Gasteiger partial charge in [0.05, 0.1) is 12.1 Å². The minimum Gasteiger partial charge on any atom is -0.432 e. The number of benzene rings is 1. The van der Waals surface area contributed by atoms with Crippen molar-refractivity contribution in [3.05, 3.63) is 40.7 Å². The third-order valence-corrected chi connectivity index (χ3v) is 4.34. The third-order valence-electron chi connectivity index (χ3n) is 4.09. The van der Waals surface area contributed by atoms with Gasteiger partial charge in [0, 0.05) is 17.1 Å². The molecule has 0 radical (unpaired) electrons. The van der Waals surface area contributed by atoms with Crippen LogP contribution in [0, 0.1) is 0 Å². The molecule has 0 fully saturated rings. The second-order valence-corrected chi connectivity index (χ2v) is 6.91. The van der Waals surface area contributed by atoms with Gasteiger partial charge in [-0.05, 0) is 57.7 Å². The van der Waals surface area contributed by atoms with Gasteiger partial charge >= 0.3 is 0 Å². The van der Waals surface area contributed by atoms with Gasteiger partial charge in [-0.1, -0.05) is 11.6 Å². The Morgan fingerprint density at radius 3 is 2.62 bits per heavy atom. The number of ketones is 2. The summed E-state index contributed by atoms with van der Waals surface area (Å²) in [5.41, 5.74) is 0.980. The predicted molar refractivity (Wildman–Crippen MR) is 100 cm³/mol. The largest absolute Gasteiger partial charge is 0.432 e. The maximum atomic E-state index is 12.6. The van der Waals surface area contributed by atoms with Gasteiger partial charge in [0.15, 0.2) is 5.69 Å². The number of Topliss-reactive ketones (excluding diaryl/α,β-unsaturated/α-hetero) is 2. The first-order valence-electron chi connectivity index (χ1n) is 8.48. The fraction of sp³-hybridized carbons (Fsp3) is 0.368.